The molecule has 0 aromatic heterocycles. The van der Waals surface area contributed by atoms with Crippen molar-refractivity contribution in [1.82, 2.24) is 0 Å². The highest BCUT2D eigenvalue weighted by molar-refractivity contribution is 5.91. The number of hydrogen-bond donors (Lipinski definition) is 0. The molecule has 2 aromatic rings. The van der Waals surface area contributed by atoms with Crippen LogP contribution in [0.4, 0.5) is 22.0 Å². The minimum atomic E-state index is -4.46. The molecule has 0 aliphatic heterocycles. The van der Waals surface area contributed by atoms with E-state index < -0.39 is 29.3 Å². The molecule has 0 N–H and O–H groups in total. The van der Waals surface area contributed by atoms with Gasteiger partial charge in [0, 0.05) is 0 Å². The molecule has 0 aliphatic carbocycles. The van der Waals surface area contributed by atoms with Gasteiger partial charge in [0.25, 0.3) is 0 Å². The third-order valence-electron chi connectivity index (χ3n) is 3.23. The van der Waals surface area contributed by atoms with Crippen LogP contribution >= 0.6 is 0 Å². The van der Waals surface area contributed by atoms with E-state index in [1.165, 1.54) is 12.1 Å². The lowest BCUT2D eigenvalue weighted by atomic mass is 9.98. The van der Waals surface area contributed by atoms with E-state index >= 15 is 0 Å². The molecule has 0 unspecified atom stereocenters. The van der Waals surface area contributed by atoms with Crippen molar-refractivity contribution >= 4 is 5.97 Å². The first-order valence-corrected chi connectivity index (χ1v) is 6.44. The van der Waals surface area contributed by atoms with E-state index in [1.54, 1.807) is 0 Å². The van der Waals surface area contributed by atoms with E-state index in [9.17, 15) is 26.7 Å². The fraction of sp³-hybridized carbons (Fsp3) is 0.188. The van der Waals surface area contributed by atoms with Gasteiger partial charge in [-0.25, -0.2) is 13.6 Å². The van der Waals surface area contributed by atoms with Gasteiger partial charge in [0.1, 0.15) is 0 Å². The van der Waals surface area contributed by atoms with Gasteiger partial charge in [-0.2, -0.15) is 13.2 Å². The maximum Gasteiger partial charge on any atom is 0.416 e. The molecule has 0 radical (unpaired) electrons. The zero-order valence-electron chi connectivity index (χ0n) is 11.9. The monoisotopic (exact) mass is 330 g/mol. The average Bonchev–Trinajstić information content (AvgIpc) is 2.49. The molecule has 0 spiro atoms. The van der Waals surface area contributed by atoms with Crippen LogP contribution in [0.2, 0.25) is 0 Å². The number of methoxy groups -OCH3 is 1. The minimum absolute atomic E-state index is 0.0419. The summed E-state index contributed by atoms with van der Waals surface area (Å²) in [6.07, 6.45) is -4.50. The lowest BCUT2D eigenvalue weighted by molar-refractivity contribution is -0.137. The first-order valence-electron chi connectivity index (χ1n) is 6.44. The van der Waals surface area contributed by atoms with Crippen LogP contribution in [0.3, 0.4) is 0 Å². The Morgan fingerprint density at radius 1 is 1.04 bits per heavy atom. The predicted molar refractivity (Wildman–Crippen MR) is 71.9 cm³/mol. The molecule has 2 aromatic carbocycles. The summed E-state index contributed by atoms with van der Waals surface area (Å²) in [6, 6.07) is 5.73. The first-order chi connectivity index (χ1) is 10.7. The molecule has 0 bridgehead atoms. The number of carbonyl (C=O) groups excluding carboxylic acids is 1. The van der Waals surface area contributed by atoms with Crippen molar-refractivity contribution in [1.29, 1.82) is 0 Å². The number of ether oxygens (including phenoxy) is 1. The summed E-state index contributed by atoms with van der Waals surface area (Å²) >= 11 is 0. The molecule has 0 aliphatic rings. The lowest BCUT2D eigenvalue weighted by Crippen LogP contribution is -2.09. The van der Waals surface area contributed by atoms with Crippen LogP contribution in [-0.4, -0.2) is 13.1 Å². The second-order valence-electron chi connectivity index (χ2n) is 4.79. The second-order valence-corrected chi connectivity index (χ2v) is 4.79. The summed E-state index contributed by atoms with van der Waals surface area (Å²) < 4.78 is 68.7. The summed E-state index contributed by atoms with van der Waals surface area (Å²) in [6.45, 7) is 0. The predicted octanol–water partition coefficient (Wildman–Crippen LogP) is 4.36. The van der Waals surface area contributed by atoms with E-state index in [1.807, 2.05) is 0 Å². The number of hydrogen-bond acceptors (Lipinski definition) is 2. The van der Waals surface area contributed by atoms with Crippen LogP contribution in [0.25, 0.3) is 0 Å². The van der Waals surface area contributed by atoms with Gasteiger partial charge in [-0.3, -0.25) is 0 Å². The summed E-state index contributed by atoms with van der Waals surface area (Å²) in [5.41, 5.74) is -0.462. The van der Waals surface area contributed by atoms with Gasteiger partial charge in [-0.1, -0.05) is 12.1 Å². The highest BCUT2D eigenvalue weighted by Crippen LogP contribution is 2.29. The standard InChI is InChI=1S/C16H11F5O2/c1-23-15(22)12-8-14(18)13(17)7-10(12)6-9-2-4-11(5-3-9)16(19,20)21/h2-5,7-8H,6H2,1H3. The largest absolute Gasteiger partial charge is 0.465 e. The van der Waals surface area contributed by atoms with Crippen LogP contribution in [0.1, 0.15) is 27.0 Å². The summed E-state index contributed by atoms with van der Waals surface area (Å²) in [5.74, 6) is -3.22. The van der Waals surface area contributed by atoms with Gasteiger partial charge in [0.15, 0.2) is 11.6 Å². The van der Waals surface area contributed by atoms with E-state index in [-0.39, 0.29) is 17.5 Å². The lowest BCUT2D eigenvalue weighted by Gasteiger charge is -2.10. The number of rotatable bonds is 3. The molecule has 2 rings (SSSR count). The van der Waals surface area contributed by atoms with Crippen LogP contribution in [0.5, 0.6) is 0 Å². The second kappa shape index (κ2) is 6.36. The highest BCUT2D eigenvalue weighted by Gasteiger charge is 2.30. The van der Waals surface area contributed by atoms with Gasteiger partial charge >= 0.3 is 12.1 Å². The van der Waals surface area contributed by atoms with Crippen molar-refractivity contribution < 1.29 is 31.5 Å². The van der Waals surface area contributed by atoms with E-state index in [0.29, 0.717) is 11.6 Å². The maximum absolute atomic E-state index is 13.4. The Morgan fingerprint density at radius 2 is 1.61 bits per heavy atom. The molecule has 122 valence electrons. The Hall–Kier alpha value is -2.44. The van der Waals surface area contributed by atoms with E-state index in [0.717, 1.165) is 25.3 Å². The minimum Gasteiger partial charge on any atom is -0.465 e. The Bertz CT molecular complexity index is 720. The molecule has 0 saturated heterocycles. The quantitative estimate of drug-likeness (QED) is 0.617. The third kappa shape index (κ3) is 3.85. The molecule has 0 saturated carbocycles. The Labute approximate surface area is 128 Å². The SMILES string of the molecule is COC(=O)c1cc(F)c(F)cc1Cc1ccc(C(F)(F)F)cc1. The van der Waals surface area contributed by atoms with E-state index in [4.69, 9.17) is 0 Å². The molecular formula is C16H11F5O2. The molecule has 7 heteroatoms. The molecule has 0 fully saturated rings. The highest BCUT2D eigenvalue weighted by atomic mass is 19.4. The van der Waals surface area contributed by atoms with Gasteiger partial charge < -0.3 is 4.74 Å². The zero-order valence-corrected chi connectivity index (χ0v) is 11.9. The summed E-state index contributed by atoms with van der Waals surface area (Å²) in [7, 11) is 1.09. The summed E-state index contributed by atoms with van der Waals surface area (Å²) in [5, 5.41) is 0. The van der Waals surface area contributed by atoms with Crippen molar-refractivity contribution in [3.63, 3.8) is 0 Å². The number of carbonyl (C=O) groups is 1. The van der Waals surface area contributed by atoms with Crippen molar-refractivity contribution in [3.8, 4) is 0 Å². The average molecular weight is 330 g/mol. The fourth-order valence-corrected chi connectivity index (χ4v) is 2.07. The number of halogens is 5. The third-order valence-corrected chi connectivity index (χ3v) is 3.23. The Morgan fingerprint density at radius 3 is 2.13 bits per heavy atom. The Kier molecular flexibility index (Phi) is 4.68. The van der Waals surface area contributed by atoms with Gasteiger partial charge in [-0.15, -0.1) is 0 Å². The Balaban J connectivity index is 2.36. The van der Waals surface area contributed by atoms with Gasteiger partial charge in [0.05, 0.1) is 18.2 Å². The number of esters is 1. The zero-order chi connectivity index (χ0) is 17.2. The van der Waals surface area contributed by atoms with Crippen LogP contribution in [0.15, 0.2) is 36.4 Å². The number of benzene rings is 2. The number of alkyl halides is 3. The molecule has 0 amide bonds. The summed E-state index contributed by atoms with van der Waals surface area (Å²) in [4.78, 5) is 11.6. The van der Waals surface area contributed by atoms with Gasteiger partial charge in [0.2, 0.25) is 0 Å². The smallest absolute Gasteiger partial charge is 0.416 e. The van der Waals surface area contributed by atoms with Crippen molar-refractivity contribution in [2.45, 2.75) is 12.6 Å². The van der Waals surface area contributed by atoms with Crippen molar-refractivity contribution in [2.75, 3.05) is 7.11 Å². The van der Waals surface area contributed by atoms with Crippen LogP contribution < -0.4 is 0 Å². The molecule has 0 atom stereocenters. The molecule has 23 heavy (non-hydrogen) atoms. The molecule has 2 nitrogen and oxygen atoms in total. The fourth-order valence-electron chi connectivity index (χ4n) is 2.07. The van der Waals surface area contributed by atoms with Crippen LogP contribution in [-0.2, 0) is 17.3 Å². The first kappa shape index (κ1) is 16.9. The maximum atomic E-state index is 13.4. The normalized spacial score (nSPS) is 11.4. The van der Waals surface area contributed by atoms with Gasteiger partial charge in [-0.05, 0) is 41.8 Å². The molecular weight excluding hydrogens is 319 g/mol. The van der Waals surface area contributed by atoms with Crippen LogP contribution in [0, 0.1) is 11.6 Å². The van der Waals surface area contributed by atoms with Crippen molar-refractivity contribution in [3.05, 3.63) is 70.3 Å². The molecule has 0 heterocycles. The van der Waals surface area contributed by atoms with E-state index in [2.05, 4.69) is 4.74 Å². The van der Waals surface area contributed by atoms with Crippen molar-refractivity contribution in [2.24, 2.45) is 0 Å². The topological polar surface area (TPSA) is 26.3 Å².